The number of nitrogens with zero attached hydrogens (tertiary/aromatic N) is 1. The van der Waals surface area contributed by atoms with E-state index < -0.39 is 51.9 Å². The van der Waals surface area contributed by atoms with Crippen molar-refractivity contribution in [3.8, 4) is 0 Å². The lowest BCUT2D eigenvalue weighted by Crippen LogP contribution is -2.08. The summed E-state index contributed by atoms with van der Waals surface area (Å²) in [5.74, 6) is -4.23. The molecule has 1 unspecified atom stereocenters. The van der Waals surface area contributed by atoms with Gasteiger partial charge in [0.1, 0.15) is 23.1 Å². The lowest BCUT2D eigenvalue weighted by molar-refractivity contribution is 0.0690. The summed E-state index contributed by atoms with van der Waals surface area (Å²) in [6, 6.07) is 3.62. The Balaban J connectivity index is 2.45. The summed E-state index contributed by atoms with van der Waals surface area (Å²) >= 11 is 0. The Morgan fingerprint density at radius 3 is 2.27 bits per heavy atom. The number of rotatable bonds is 4. The molecule has 0 radical (unpaired) electrons. The highest BCUT2D eigenvalue weighted by Crippen LogP contribution is 2.21. The van der Waals surface area contributed by atoms with E-state index in [9.17, 15) is 22.2 Å². The van der Waals surface area contributed by atoms with E-state index in [4.69, 9.17) is 5.11 Å². The van der Waals surface area contributed by atoms with Crippen LogP contribution in [-0.4, -0.2) is 26.5 Å². The Hall–Kier alpha value is -2.22. The van der Waals surface area contributed by atoms with Crippen LogP contribution in [0.3, 0.4) is 0 Å². The molecule has 2 rings (SSSR count). The van der Waals surface area contributed by atoms with E-state index in [2.05, 4.69) is 4.98 Å². The third-order valence-corrected chi connectivity index (χ3v) is 3.83. The maximum atomic E-state index is 13.9. The number of carboxylic acids is 1. The van der Waals surface area contributed by atoms with Crippen LogP contribution in [-0.2, 0) is 17.2 Å². The minimum absolute atomic E-state index is 0.0357. The molecule has 22 heavy (non-hydrogen) atoms. The highest BCUT2D eigenvalue weighted by Gasteiger charge is 2.17. The number of hydrogen-bond acceptors (Lipinski definition) is 3. The number of hydrogen-bond donors (Lipinski definition) is 1. The van der Waals surface area contributed by atoms with Crippen molar-refractivity contribution in [3.05, 3.63) is 58.7 Å². The molecule has 116 valence electrons. The minimum atomic E-state index is -1.57. The zero-order chi connectivity index (χ0) is 16.4. The van der Waals surface area contributed by atoms with Gasteiger partial charge in [0, 0.05) is 33.9 Å². The monoisotopic (exact) mass is 329 g/mol. The molecule has 2 aromatic rings. The molecule has 0 aliphatic rings. The fourth-order valence-corrected chi connectivity index (χ4v) is 2.35. The summed E-state index contributed by atoms with van der Waals surface area (Å²) in [5.41, 5.74) is -1.28. The predicted octanol–water partition coefficient (Wildman–Crippen LogP) is 2.53. The van der Waals surface area contributed by atoms with Gasteiger partial charge in [-0.1, -0.05) is 0 Å². The lowest BCUT2D eigenvalue weighted by atomic mass is 10.1. The standard InChI is InChI=1S/C14H10F3NO3S/c1-22(21)7-4-10(16)8(11(17)5-7)6-13-9(15)2-3-12(18-13)14(19)20/h2-5H,6H2,1H3,(H,19,20). The number of carbonyl (C=O) groups is 1. The van der Waals surface area contributed by atoms with Gasteiger partial charge in [0.2, 0.25) is 0 Å². The van der Waals surface area contributed by atoms with Crippen LogP contribution < -0.4 is 0 Å². The van der Waals surface area contributed by atoms with E-state index in [0.29, 0.717) is 0 Å². The molecule has 0 saturated heterocycles. The molecule has 4 nitrogen and oxygen atoms in total. The quantitative estimate of drug-likeness (QED) is 0.936. The van der Waals surface area contributed by atoms with Crippen LogP contribution >= 0.6 is 0 Å². The van der Waals surface area contributed by atoms with Crippen LogP contribution in [0.15, 0.2) is 29.2 Å². The van der Waals surface area contributed by atoms with E-state index in [0.717, 1.165) is 24.3 Å². The first-order chi connectivity index (χ1) is 10.3. The average Bonchev–Trinajstić information content (AvgIpc) is 2.43. The summed E-state index contributed by atoms with van der Waals surface area (Å²) in [6.07, 6.45) is 0.715. The van der Waals surface area contributed by atoms with E-state index in [-0.39, 0.29) is 10.6 Å². The first kappa shape index (κ1) is 16.2. The molecule has 0 aliphatic carbocycles. The van der Waals surface area contributed by atoms with Crippen LogP contribution in [0.4, 0.5) is 13.2 Å². The van der Waals surface area contributed by atoms with Crippen molar-refractivity contribution in [3.63, 3.8) is 0 Å². The molecule has 0 saturated carbocycles. The van der Waals surface area contributed by atoms with E-state index in [1.54, 1.807) is 0 Å². The van der Waals surface area contributed by atoms with Gasteiger partial charge < -0.3 is 5.11 Å². The average molecular weight is 329 g/mol. The number of halogens is 3. The van der Waals surface area contributed by atoms with Gasteiger partial charge in [0.15, 0.2) is 0 Å². The third-order valence-electron chi connectivity index (χ3n) is 2.93. The van der Waals surface area contributed by atoms with Gasteiger partial charge in [0.05, 0.1) is 5.69 Å². The van der Waals surface area contributed by atoms with Crippen LogP contribution in [0.1, 0.15) is 21.7 Å². The number of benzene rings is 1. The summed E-state index contributed by atoms with van der Waals surface area (Å²) in [5, 5.41) is 8.81. The van der Waals surface area contributed by atoms with Crippen molar-refractivity contribution in [2.45, 2.75) is 11.3 Å². The molecule has 0 aliphatic heterocycles. The summed E-state index contributed by atoms with van der Waals surface area (Å²) in [7, 11) is -1.57. The van der Waals surface area contributed by atoms with Crippen LogP contribution in [0.2, 0.25) is 0 Å². The largest absolute Gasteiger partial charge is 0.477 e. The first-order valence-electron chi connectivity index (χ1n) is 5.99. The number of carboxylic acid groups (broad SMARTS) is 1. The zero-order valence-electron chi connectivity index (χ0n) is 11.3. The normalized spacial score (nSPS) is 12.2. The zero-order valence-corrected chi connectivity index (χ0v) is 12.1. The second kappa shape index (κ2) is 6.27. The molecule has 1 atom stereocenters. The van der Waals surface area contributed by atoms with Crippen molar-refractivity contribution in [2.75, 3.05) is 6.26 Å². The molecule has 1 aromatic carbocycles. The van der Waals surface area contributed by atoms with Crippen LogP contribution in [0, 0.1) is 17.5 Å². The molecule has 0 amide bonds. The molecule has 1 heterocycles. The summed E-state index contributed by atoms with van der Waals surface area (Å²) in [4.78, 5) is 14.3. The molecular weight excluding hydrogens is 319 g/mol. The van der Waals surface area contributed by atoms with Crippen molar-refractivity contribution in [1.82, 2.24) is 4.98 Å². The number of pyridine rings is 1. The molecule has 1 aromatic heterocycles. The first-order valence-corrected chi connectivity index (χ1v) is 7.55. The Morgan fingerprint density at radius 2 is 1.77 bits per heavy atom. The molecule has 0 spiro atoms. The van der Waals surface area contributed by atoms with E-state index >= 15 is 0 Å². The topological polar surface area (TPSA) is 67.3 Å². The van der Waals surface area contributed by atoms with Gasteiger partial charge in [-0.15, -0.1) is 0 Å². The van der Waals surface area contributed by atoms with E-state index in [1.165, 1.54) is 6.26 Å². The highest BCUT2D eigenvalue weighted by atomic mass is 32.2. The Bertz CT molecular complexity index is 757. The Kier molecular flexibility index (Phi) is 4.60. The molecule has 0 bridgehead atoms. The molecule has 8 heteroatoms. The third kappa shape index (κ3) is 3.33. The Morgan fingerprint density at radius 1 is 1.18 bits per heavy atom. The molecule has 1 N–H and O–H groups in total. The van der Waals surface area contributed by atoms with Gasteiger partial charge >= 0.3 is 5.97 Å². The second-order valence-corrected chi connectivity index (χ2v) is 5.81. The lowest BCUT2D eigenvalue weighted by Gasteiger charge is -2.08. The van der Waals surface area contributed by atoms with Crippen molar-refractivity contribution < 1.29 is 27.3 Å². The molecular formula is C14H10F3NO3S. The van der Waals surface area contributed by atoms with E-state index in [1.807, 2.05) is 0 Å². The summed E-state index contributed by atoms with van der Waals surface area (Å²) < 4.78 is 52.7. The van der Waals surface area contributed by atoms with Gasteiger partial charge in [-0.25, -0.2) is 22.9 Å². The minimum Gasteiger partial charge on any atom is -0.477 e. The maximum absolute atomic E-state index is 13.9. The Labute approximate surface area is 126 Å². The van der Waals surface area contributed by atoms with Crippen molar-refractivity contribution >= 4 is 16.8 Å². The van der Waals surface area contributed by atoms with Gasteiger partial charge in [0.25, 0.3) is 0 Å². The van der Waals surface area contributed by atoms with Crippen molar-refractivity contribution in [2.24, 2.45) is 0 Å². The molecule has 0 fully saturated rings. The smallest absolute Gasteiger partial charge is 0.354 e. The maximum Gasteiger partial charge on any atom is 0.354 e. The van der Waals surface area contributed by atoms with Crippen LogP contribution in [0.5, 0.6) is 0 Å². The van der Waals surface area contributed by atoms with Crippen molar-refractivity contribution in [1.29, 1.82) is 0 Å². The SMILES string of the molecule is CS(=O)c1cc(F)c(Cc2nc(C(=O)O)ccc2F)c(F)c1. The predicted molar refractivity (Wildman–Crippen MR) is 72.7 cm³/mol. The number of aromatic nitrogens is 1. The second-order valence-electron chi connectivity index (χ2n) is 4.43. The van der Waals surface area contributed by atoms with Gasteiger partial charge in [-0.2, -0.15) is 0 Å². The van der Waals surface area contributed by atoms with Gasteiger partial charge in [-0.05, 0) is 24.3 Å². The highest BCUT2D eigenvalue weighted by molar-refractivity contribution is 7.84. The fraction of sp³-hybridized carbons (Fsp3) is 0.143. The fourth-order valence-electron chi connectivity index (χ4n) is 1.81. The van der Waals surface area contributed by atoms with Crippen LogP contribution in [0.25, 0.3) is 0 Å². The number of aromatic carboxylic acids is 1. The summed E-state index contributed by atoms with van der Waals surface area (Å²) in [6.45, 7) is 0. The van der Waals surface area contributed by atoms with Gasteiger partial charge in [-0.3, -0.25) is 4.21 Å².